The summed E-state index contributed by atoms with van der Waals surface area (Å²) in [6, 6.07) is 8.38. The van der Waals surface area contributed by atoms with Crippen LogP contribution in [0, 0.1) is 11.3 Å². The van der Waals surface area contributed by atoms with E-state index in [0.717, 1.165) is 22.9 Å². The number of aromatic nitrogens is 1. The monoisotopic (exact) mass is 443 g/mol. The van der Waals surface area contributed by atoms with E-state index in [2.05, 4.69) is 15.8 Å². The van der Waals surface area contributed by atoms with Gasteiger partial charge in [-0.2, -0.15) is 5.26 Å². The molecule has 0 bridgehead atoms. The van der Waals surface area contributed by atoms with Crippen LogP contribution in [0.2, 0.25) is 0 Å². The molecular weight excluding hydrogens is 414 g/mol. The van der Waals surface area contributed by atoms with Crippen molar-refractivity contribution in [3.63, 3.8) is 0 Å². The highest BCUT2D eigenvalue weighted by atomic mass is 32.2. The molecule has 0 aliphatic carbocycles. The zero-order chi connectivity index (χ0) is 23.6. The topological polar surface area (TPSA) is 120 Å². The fourth-order valence-corrected chi connectivity index (χ4v) is 4.25. The molecule has 1 aromatic carbocycles. The van der Waals surface area contributed by atoms with Crippen LogP contribution in [0.3, 0.4) is 0 Å². The predicted molar refractivity (Wildman–Crippen MR) is 118 cm³/mol. The van der Waals surface area contributed by atoms with Crippen molar-refractivity contribution in [3.05, 3.63) is 58.4 Å². The normalized spacial score (nSPS) is 12.1. The van der Waals surface area contributed by atoms with Crippen LogP contribution in [0.5, 0.6) is 0 Å². The van der Waals surface area contributed by atoms with Crippen molar-refractivity contribution in [2.24, 2.45) is 0 Å². The average molecular weight is 444 g/mol. The number of aliphatic hydroxyl groups is 1. The van der Waals surface area contributed by atoms with E-state index in [-0.39, 0.29) is 23.2 Å². The van der Waals surface area contributed by atoms with Gasteiger partial charge >= 0.3 is 0 Å². The van der Waals surface area contributed by atoms with Crippen LogP contribution in [0.25, 0.3) is 0 Å². The summed E-state index contributed by atoms with van der Waals surface area (Å²) < 4.78 is 27.4. The number of nitrogens with one attached hydrogen (secondary N) is 1. The van der Waals surface area contributed by atoms with Crippen LogP contribution in [0.15, 0.2) is 35.4 Å². The highest BCUT2D eigenvalue weighted by Crippen LogP contribution is 2.30. The smallest absolute Gasteiger partial charge is 0.265 e. The first-order valence-electron chi connectivity index (χ1n) is 10.1. The lowest BCUT2D eigenvalue weighted by molar-refractivity contribution is -0.118. The molecule has 1 heterocycles. The first kappa shape index (κ1) is 24.5. The zero-order valence-electron chi connectivity index (χ0n) is 18.7. The standard InChI is InChI=1S/C23H29N3O4S/c1-14(2)18-9-16(12-24)10-19(15(3)4)20(18)11-22(27)26-31(29,30)17-7-8-21(25-13-17)23(5,6)28/h7-10,13-15,28H,11H2,1-6H3,(H,26,27). The third-order valence-corrected chi connectivity index (χ3v) is 6.31. The van der Waals surface area contributed by atoms with Gasteiger partial charge in [-0.05, 0) is 66.6 Å². The molecule has 0 radical (unpaired) electrons. The molecule has 8 heteroatoms. The molecule has 0 aliphatic heterocycles. The summed E-state index contributed by atoms with van der Waals surface area (Å²) in [6.07, 6.45) is 0.991. The van der Waals surface area contributed by atoms with Gasteiger partial charge in [0.2, 0.25) is 5.91 Å². The molecule has 0 aliphatic rings. The van der Waals surface area contributed by atoms with Crippen molar-refractivity contribution in [2.75, 3.05) is 0 Å². The van der Waals surface area contributed by atoms with Crippen LogP contribution in [-0.2, 0) is 26.8 Å². The molecule has 2 N–H and O–H groups in total. The summed E-state index contributed by atoms with van der Waals surface area (Å²) in [6.45, 7) is 11.0. The molecule has 0 saturated heterocycles. The minimum absolute atomic E-state index is 0.0591. The minimum Gasteiger partial charge on any atom is -0.384 e. The SMILES string of the molecule is CC(C)c1cc(C#N)cc(C(C)C)c1CC(=O)NS(=O)(=O)c1ccc(C(C)(C)O)nc1. The number of hydrogen-bond donors (Lipinski definition) is 2. The van der Waals surface area contributed by atoms with Gasteiger partial charge < -0.3 is 5.11 Å². The largest absolute Gasteiger partial charge is 0.384 e. The lowest BCUT2D eigenvalue weighted by Crippen LogP contribution is -2.32. The number of benzene rings is 1. The molecule has 0 unspecified atom stereocenters. The molecule has 2 aromatic rings. The predicted octanol–water partition coefficient (Wildman–Crippen LogP) is 3.48. The number of carbonyl (C=O) groups excluding carboxylic acids is 1. The van der Waals surface area contributed by atoms with Crippen LogP contribution in [0.4, 0.5) is 0 Å². The summed E-state index contributed by atoms with van der Waals surface area (Å²) in [5.41, 5.74) is 2.08. The Morgan fingerprint density at radius 3 is 2.10 bits per heavy atom. The molecular formula is C23H29N3O4S. The number of rotatable bonds is 7. The first-order chi connectivity index (χ1) is 14.3. The fourth-order valence-electron chi connectivity index (χ4n) is 3.32. The van der Waals surface area contributed by atoms with Gasteiger partial charge in [-0.1, -0.05) is 27.7 Å². The van der Waals surface area contributed by atoms with E-state index in [9.17, 15) is 23.6 Å². The highest BCUT2D eigenvalue weighted by molar-refractivity contribution is 7.90. The molecule has 31 heavy (non-hydrogen) atoms. The number of nitriles is 1. The van der Waals surface area contributed by atoms with Crippen molar-refractivity contribution in [2.45, 2.75) is 70.3 Å². The minimum atomic E-state index is -4.12. The Bertz CT molecular complexity index is 1080. The summed E-state index contributed by atoms with van der Waals surface area (Å²) in [5.74, 6) is -0.548. The molecule has 166 valence electrons. The van der Waals surface area contributed by atoms with E-state index >= 15 is 0 Å². The maximum atomic E-state index is 12.7. The third kappa shape index (κ3) is 5.90. The summed E-state index contributed by atoms with van der Waals surface area (Å²) in [5, 5.41) is 19.3. The van der Waals surface area contributed by atoms with Crippen molar-refractivity contribution in [3.8, 4) is 6.07 Å². The van der Waals surface area contributed by atoms with Crippen LogP contribution in [0.1, 0.15) is 81.3 Å². The number of carbonyl (C=O) groups is 1. The Hall–Kier alpha value is -2.76. The Balaban J connectivity index is 2.34. The number of pyridine rings is 1. The summed E-state index contributed by atoms with van der Waals surface area (Å²) in [4.78, 5) is 16.5. The molecule has 7 nitrogen and oxygen atoms in total. The number of amides is 1. The van der Waals surface area contributed by atoms with Crippen LogP contribution >= 0.6 is 0 Å². The van der Waals surface area contributed by atoms with Crippen LogP contribution < -0.4 is 4.72 Å². The first-order valence-corrected chi connectivity index (χ1v) is 11.6. The number of nitrogens with zero attached hydrogens (tertiary/aromatic N) is 2. The second kappa shape index (κ2) is 9.16. The molecule has 0 spiro atoms. The van der Waals surface area contributed by atoms with E-state index in [1.807, 2.05) is 27.7 Å². The molecule has 0 fully saturated rings. The molecule has 1 aromatic heterocycles. The molecule has 0 atom stereocenters. The molecule has 0 saturated carbocycles. The summed E-state index contributed by atoms with van der Waals surface area (Å²) in [7, 11) is -4.12. The van der Waals surface area contributed by atoms with Crippen LogP contribution in [-0.4, -0.2) is 24.4 Å². The quantitative estimate of drug-likeness (QED) is 0.676. The molecule has 1 amide bonds. The van der Waals surface area contributed by atoms with E-state index in [4.69, 9.17) is 0 Å². The maximum absolute atomic E-state index is 12.7. The Kier molecular flexibility index (Phi) is 7.25. The Morgan fingerprint density at radius 2 is 1.71 bits per heavy atom. The summed E-state index contributed by atoms with van der Waals surface area (Å²) >= 11 is 0. The fraction of sp³-hybridized carbons (Fsp3) is 0.435. The maximum Gasteiger partial charge on any atom is 0.265 e. The van der Waals surface area contributed by atoms with E-state index in [1.165, 1.54) is 12.1 Å². The van der Waals surface area contributed by atoms with Gasteiger partial charge in [0.25, 0.3) is 10.0 Å². The lowest BCUT2D eigenvalue weighted by Gasteiger charge is -2.20. The van der Waals surface area contributed by atoms with Gasteiger partial charge in [0.05, 0.1) is 23.7 Å². The van der Waals surface area contributed by atoms with E-state index in [1.54, 1.807) is 26.0 Å². The van der Waals surface area contributed by atoms with Gasteiger partial charge in [-0.25, -0.2) is 13.1 Å². The second-order valence-electron chi connectivity index (χ2n) is 8.70. The van der Waals surface area contributed by atoms with Crippen molar-refractivity contribution < 1.29 is 18.3 Å². The van der Waals surface area contributed by atoms with Crippen molar-refractivity contribution >= 4 is 15.9 Å². The zero-order valence-corrected chi connectivity index (χ0v) is 19.5. The van der Waals surface area contributed by atoms with Crippen molar-refractivity contribution in [1.29, 1.82) is 5.26 Å². The molecule has 2 rings (SSSR count). The van der Waals surface area contributed by atoms with Gasteiger partial charge in [0.1, 0.15) is 10.5 Å². The van der Waals surface area contributed by atoms with Gasteiger partial charge in [0.15, 0.2) is 0 Å². The van der Waals surface area contributed by atoms with Gasteiger partial charge in [-0.15, -0.1) is 0 Å². The van der Waals surface area contributed by atoms with E-state index in [0.29, 0.717) is 11.3 Å². The number of hydrogen-bond acceptors (Lipinski definition) is 6. The third-order valence-electron chi connectivity index (χ3n) is 4.95. The van der Waals surface area contributed by atoms with Crippen molar-refractivity contribution in [1.82, 2.24) is 9.71 Å². The highest BCUT2D eigenvalue weighted by Gasteiger charge is 2.24. The average Bonchev–Trinajstić information content (AvgIpc) is 2.66. The van der Waals surface area contributed by atoms with E-state index < -0.39 is 21.5 Å². The van der Waals surface area contributed by atoms with Gasteiger partial charge in [0, 0.05) is 6.20 Å². The Morgan fingerprint density at radius 1 is 1.16 bits per heavy atom. The lowest BCUT2D eigenvalue weighted by atomic mass is 9.85. The van der Waals surface area contributed by atoms with Gasteiger partial charge in [-0.3, -0.25) is 9.78 Å². The Labute approximate surface area is 184 Å². The second-order valence-corrected chi connectivity index (χ2v) is 10.4. The number of sulfonamides is 1.